The molecular formula is C20H22N4O3S. The van der Waals surface area contributed by atoms with E-state index < -0.39 is 0 Å². The molecule has 0 fully saturated rings. The number of benzene rings is 1. The van der Waals surface area contributed by atoms with Gasteiger partial charge in [-0.05, 0) is 39.0 Å². The monoisotopic (exact) mass is 398 g/mol. The van der Waals surface area contributed by atoms with Crippen molar-refractivity contribution in [2.75, 3.05) is 10.6 Å². The minimum absolute atomic E-state index is 0.177. The molecule has 0 atom stereocenters. The number of aryl methyl sites for hydroxylation is 1. The van der Waals surface area contributed by atoms with Crippen molar-refractivity contribution in [2.45, 2.75) is 27.7 Å². The predicted molar refractivity (Wildman–Crippen MR) is 111 cm³/mol. The minimum Gasteiger partial charge on any atom is -0.330 e. The van der Waals surface area contributed by atoms with Gasteiger partial charge in [-0.1, -0.05) is 35.6 Å². The van der Waals surface area contributed by atoms with E-state index in [9.17, 15) is 14.4 Å². The third-order valence-corrected chi connectivity index (χ3v) is 4.64. The minimum atomic E-state index is -0.337. The van der Waals surface area contributed by atoms with Crippen LogP contribution in [0.1, 0.15) is 36.1 Å². The first-order chi connectivity index (χ1) is 13.3. The number of anilines is 2. The smallest absolute Gasteiger partial charge is 0.267 e. The summed E-state index contributed by atoms with van der Waals surface area (Å²) in [5.41, 5.74) is 2.29. The second kappa shape index (κ2) is 9.61. The van der Waals surface area contributed by atoms with Crippen LogP contribution in [0.5, 0.6) is 0 Å². The van der Waals surface area contributed by atoms with E-state index in [4.69, 9.17) is 0 Å². The van der Waals surface area contributed by atoms with E-state index in [1.165, 1.54) is 6.92 Å². The molecule has 0 saturated heterocycles. The molecule has 2 rings (SSSR count). The Kier molecular flexibility index (Phi) is 7.22. The molecule has 3 amide bonds. The average Bonchev–Trinajstić information content (AvgIpc) is 3.00. The van der Waals surface area contributed by atoms with Gasteiger partial charge in [0.1, 0.15) is 4.88 Å². The van der Waals surface area contributed by atoms with Gasteiger partial charge in [0.05, 0.1) is 5.69 Å². The molecule has 0 bridgehead atoms. The molecule has 0 aliphatic carbocycles. The van der Waals surface area contributed by atoms with Crippen molar-refractivity contribution in [3.63, 3.8) is 0 Å². The number of hydrogen-bond acceptors (Lipinski definition) is 5. The number of para-hydroxylation sites is 1. The highest BCUT2D eigenvalue weighted by Gasteiger charge is 2.17. The first-order valence-corrected chi connectivity index (χ1v) is 9.36. The van der Waals surface area contributed by atoms with E-state index in [1.807, 2.05) is 18.2 Å². The highest BCUT2D eigenvalue weighted by Crippen LogP contribution is 2.24. The summed E-state index contributed by atoms with van der Waals surface area (Å²) in [7, 11) is 0. The molecule has 0 saturated carbocycles. The topological polar surface area (TPSA) is 100 Å². The average molecular weight is 398 g/mol. The number of carbonyl (C=O) groups excluding carboxylic acids is 3. The molecule has 146 valence electrons. The summed E-state index contributed by atoms with van der Waals surface area (Å²) in [5, 5.41) is 8.46. The van der Waals surface area contributed by atoms with Crippen LogP contribution in [0.4, 0.5) is 10.8 Å². The first-order valence-electron chi connectivity index (χ1n) is 8.54. The van der Waals surface area contributed by atoms with Gasteiger partial charge < -0.3 is 10.6 Å². The Morgan fingerprint density at radius 2 is 1.68 bits per heavy atom. The van der Waals surface area contributed by atoms with Gasteiger partial charge in [-0.2, -0.15) is 0 Å². The lowest BCUT2D eigenvalue weighted by atomic mass is 10.2. The molecule has 8 heteroatoms. The Morgan fingerprint density at radius 3 is 2.32 bits per heavy atom. The van der Waals surface area contributed by atoms with Gasteiger partial charge in [0.15, 0.2) is 5.13 Å². The van der Waals surface area contributed by atoms with Crippen molar-refractivity contribution in [1.82, 2.24) is 10.3 Å². The number of rotatable bonds is 6. The lowest BCUT2D eigenvalue weighted by molar-refractivity contribution is -0.118. The van der Waals surface area contributed by atoms with Crippen molar-refractivity contribution >= 4 is 39.9 Å². The lowest BCUT2D eigenvalue weighted by Gasteiger charge is -2.03. The predicted octanol–water partition coefficient (Wildman–Crippen LogP) is 3.63. The quantitative estimate of drug-likeness (QED) is 0.511. The maximum atomic E-state index is 12.4. The summed E-state index contributed by atoms with van der Waals surface area (Å²) in [6.07, 6.45) is 3.24. The third-order valence-electron chi connectivity index (χ3n) is 3.57. The highest BCUT2D eigenvalue weighted by atomic mass is 32.1. The molecule has 0 radical (unpaired) electrons. The number of allylic oxidation sites excluding steroid dienone is 3. The number of carbonyl (C=O) groups is 3. The summed E-state index contributed by atoms with van der Waals surface area (Å²) in [6.45, 7) is 6.51. The Labute approximate surface area is 167 Å². The van der Waals surface area contributed by atoms with Crippen molar-refractivity contribution in [1.29, 1.82) is 0 Å². The fourth-order valence-corrected chi connectivity index (χ4v) is 3.07. The van der Waals surface area contributed by atoms with Gasteiger partial charge in [-0.3, -0.25) is 19.7 Å². The Bertz CT molecular complexity index is 946. The molecule has 7 nitrogen and oxygen atoms in total. The van der Waals surface area contributed by atoms with Crippen LogP contribution < -0.4 is 16.0 Å². The van der Waals surface area contributed by atoms with E-state index in [0.717, 1.165) is 11.3 Å². The van der Waals surface area contributed by atoms with Crippen LogP contribution in [0, 0.1) is 6.92 Å². The second-order valence-corrected chi connectivity index (χ2v) is 7.09. The van der Waals surface area contributed by atoms with Crippen molar-refractivity contribution < 1.29 is 14.4 Å². The second-order valence-electron chi connectivity index (χ2n) is 6.09. The molecule has 0 unspecified atom stereocenters. The standard InChI is InChI=1S/C20H22N4O3S/c1-12(10-11-13(2)21-15(4)25)18(26)24-20-22-14(3)17(28-20)19(27)23-16-8-6-5-7-9-16/h5-11H,1-4H3,(H,21,25)(H,23,27)(H,22,24,26). The number of hydrogen-bond donors (Lipinski definition) is 3. The third kappa shape index (κ3) is 6.17. The number of amides is 3. The number of nitrogens with one attached hydrogen (secondary N) is 3. The molecule has 1 heterocycles. The van der Waals surface area contributed by atoms with Crippen LogP contribution >= 0.6 is 11.3 Å². The molecular weight excluding hydrogens is 376 g/mol. The molecule has 3 N–H and O–H groups in total. The van der Waals surface area contributed by atoms with Gasteiger partial charge in [0.2, 0.25) is 5.91 Å². The highest BCUT2D eigenvalue weighted by molar-refractivity contribution is 7.17. The lowest BCUT2D eigenvalue weighted by Crippen LogP contribution is -2.17. The van der Waals surface area contributed by atoms with Crippen LogP contribution in [0.3, 0.4) is 0 Å². The summed E-state index contributed by atoms with van der Waals surface area (Å²) < 4.78 is 0. The summed E-state index contributed by atoms with van der Waals surface area (Å²) in [5.74, 6) is -0.790. The Morgan fingerprint density at radius 1 is 1.00 bits per heavy atom. The van der Waals surface area contributed by atoms with Gasteiger partial charge in [-0.25, -0.2) is 4.98 Å². The molecule has 2 aromatic rings. The Balaban J connectivity index is 2.05. The fourth-order valence-electron chi connectivity index (χ4n) is 2.21. The molecule has 28 heavy (non-hydrogen) atoms. The molecule has 1 aromatic heterocycles. The summed E-state index contributed by atoms with van der Waals surface area (Å²) in [6, 6.07) is 9.11. The Hall–Kier alpha value is -3.26. The zero-order valence-corrected chi connectivity index (χ0v) is 16.9. The summed E-state index contributed by atoms with van der Waals surface area (Å²) >= 11 is 1.11. The van der Waals surface area contributed by atoms with Gasteiger partial charge in [-0.15, -0.1) is 0 Å². The molecule has 0 aliphatic rings. The van der Waals surface area contributed by atoms with Crippen LogP contribution in [0.25, 0.3) is 0 Å². The fraction of sp³-hybridized carbons (Fsp3) is 0.200. The zero-order valence-electron chi connectivity index (χ0n) is 16.1. The number of thiazole rings is 1. The van der Waals surface area contributed by atoms with Crippen LogP contribution in [-0.2, 0) is 9.59 Å². The normalized spacial score (nSPS) is 11.7. The van der Waals surface area contributed by atoms with Gasteiger partial charge in [0, 0.05) is 23.9 Å². The van der Waals surface area contributed by atoms with Crippen LogP contribution in [-0.4, -0.2) is 22.7 Å². The van der Waals surface area contributed by atoms with E-state index >= 15 is 0 Å². The van der Waals surface area contributed by atoms with Gasteiger partial charge >= 0.3 is 0 Å². The van der Waals surface area contributed by atoms with Crippen molar-refractivity contribution in [2.24, 2.45) is 0 Å². The maximum Gasteiger partial charge on any atom is 0.267 e. The zero-order chi connectivity index (χ0) is 20.7. The molecule has 0 spiro atoms. The maximum absolute atomic E-state index is 12.4. The van der Waals surface area contributed by atoms with Crippen molar-refractivity contribution in [3.8, 4) is 0 Å². The van der Waals surface area contributed by atoms with Gasteiger partial charge in [0.25, 0.3) is 11.8 Å². The van der Waals surface area contributed by atoms with E-state index in [1.54, 1.807) is 45.1 Å². The van der Waals surface area contributed by atoms with E-state index in [0.29, 0.717) is 32.7 Å². The van der Waals surface area contributed by atoms with E-state index in [2.05, 4.69) is 20.9 Å². The number of aromatic nitrogens is 1. The molecule has 1 aromatic carbocycles. The summed E-state index contributed by atoms with van der Waals surface area (Å²) in [4.78, 5) is 40.4. The van der Waals surface area contributed by atoms with E-state index in [-0.39, 0.29) is 17.7 Å². The van der Waals surface area contributed by atoms with Crippen LogP contribution in [0.2, 0.25) is 0 Å². The van der Waals surface area contributed by atoms with Crippen LogP contribution in [0.15, 0.2) is 53.8 Å². The molecule has 0 aliphatic heterocycles. The van der Waals surface area contributed by atoms with Crippen molar-refractivity contribution in [3.05, 3.63) is 64.3 Å². The SMILES string of the molecule is CC(=O)NC(C)=CC=C(C)C(=O)Nc1nc(C)c(C(=O)Nc2ccccc2)s1. The first kappa shape index (κ1) is 21.0. The largest absolute Gasteiger partial charge is 0.330 e. The number of nitrogens with zero attached hydrogens (tertiary/aromatic N) is 1.